The van der Waals surface area contributed by atoms with Crippen LogP contribution in [0.2, 0.25) is 5.02 Å². The topological polar surface area (TPSA) is 55.4 Å². The Morgan fingerprint density at radius 3 is 2.41 bits per heavy atom. The lowest BCUT2D eigenvalue weighted by molar-refractivity contribution is -0.142. The number of nitrogens with one attached hydrogen (secondary N) is 1. The van der Waals surface area contributed by atoms with E-state index in [1.807, 2.05) is 60.7 Å². The van der Waals surface area contributed by atoms with E-state index in [0.717, 1.165) is 9.79 Å². The Morgan fingerprint density at radius 2 is 1.62 bits per heavy atom. The molecule has 4 nitrogen and oxygen atoms in total. The van der Waals surface area contributed by atoms with E-state index in [2.05, 4.69) is 5.32 Å². The molecule has 0 heterocycles. The third-order valence-electron chi connectivity index (χ3n) is 3.78. The maximum atomic E-state index is 12.2. The number of benzene rings is 3. The van der Waals surface area contributed by atoms with Crippen molar-refractivity contribution in [1.29, 1.82) is 0 Å². The number of hydrogen-bond acceptors (Lipinski definition) is 4. The van der Waals surface area contributed by atoms with Crippen LogP contribution in [0.1, 0.15) is 5.56 Å². The van der Waals surface area contributed by atoms with Crippen molar-refractivity contribution >= 4 is 47.0 Å². The van der Waals surface area contributed by atoms with Gasteiger partial charge in [-0.15, -0.1) is 0 Å². The molecule has 3 aromatic carbocycles. The van der Waals surface area contributed by atoms with Crippen LogP contribution in [-0.4, -0.2) is 18.5 Å². The lowest BCUT2D eigenvalue weighted by Gasteiger charge is -2.10. The van der Waals surface area contributed by atoms with Gasteiger partial charge < -0.3 is 10.1 Å². The van der Waals surface area contributed by atoms with E-state index in [1.54, 1.807) is 36.0 Å². The first-order valence-electron chi connectivity index (χ1n) is 8.83. The number of ether oxygens (including phenoxy) is 1. The van der Waals surface area contributed by atoms with E-state index >= 15 is 0 Å². The average molecular weight is 424 g/mol. The van der Waals surface area contributed by atoms with E-state index in [1.165, 1.54) is 6.08 Å². The van der Waals surface area contributed by atoms with Crippen LogP contribution < -0.4 is 5.32 Å². The predicted molar refractivity (Wildman–Crippen MR) is 117 cm³/mol. The minimum absolute atomic E-state index is 0.379. The van der Waals surface area contributed by atoms with Gasteiger partial charge in [0.25, 0.3) is 5.91 Å². The summed E-state index contributed by atoms with van der Waals surface area (Å²) in [6.07, 6.45) is 2.79. The molecule has 1 N–H and O–H groups in total. The Hall–Kier alpha value is -3.02. The monoisotopic (exact) mass is 423 g/mol. The molecule has 0 saturated heterocycles. The zero-order valence-electron chi connectivity index (χ0n) is 15.4. The van der Waals surface area contributed by atoms with Crippen molar-refractivity contribution in [3.63, 3.8) is 0 Å². The van der Waals surface area contributed by atoms with Crippen molar-refractivity contribution in [2.24, 2.45) is 0 Å². The number of amides is 1. The smallest absolute Gasteiger partial charge is 0.331 e. The molecule has 146 valence electrons. The molecule has 0 aliphatic rings. The lowest BCUT2D eigenvalue weighted by atomic mass is 10.2. The molecule has 3 rings (SSSR count). The van der Waals surface area contributed by atoms with Crippen LogP contribution in [0.4, 0.5) is 5.69 Å². The first kappa shape index (κ1) is 20.7. The molecule has 3 aromatic rings. The lowest BCUT2D eigenvalue weighted by Crippen LogP contribution is -2.20. The fourth-order valence-electron chi connectivity index (χ4n) is 2.41. The molecule has 0 bridgehead atoms. The zero-order valence-corrected chi connectivity index (χ0v) is 17.0. The molecular weight excluding hydrogens is 406 g/mol. The minimum atomic E-state index is -0.619. The van der Waals surface area contributed by atoms with Crippen LogP contribution in [-0.2, 0) is 14.3 Å². The summed E-state index contributed by atoms with van der Waals surface area (Å²) in [6.45, 7) is -0.379. The molecule has 29 heavy (non-hydrogen) atoms. The highest BCUT2D eigenvalue weighted by atomic mass is 35.5. The first-order valence-corrected chi connectivity index (χ1v) is 10.0. The Bertz CT molecular complexity index is 1020. The van der Waals surface area contributed by atoms with Gasteiger partial charge in [-0.3, -0.25) is 4.79 Å². The second kappa shape index (κ2) is 10.5. The maximum absolute atomic E-state index is 12.2. The highest BCUT2D eigenvalue weighted by molar-refractivity contribution is 7.99. The van der Waals surface area contributed by atoms with Gasteiger partial charge in [0.15, 0.2) is 6.61 Å². The molecule has 0 spiro atoms. The molecule has 0 radical (unpaired) electrons. The number of carbonyl (C=O) groups is 2. The highest BCUT2D eigenvalue weighted by Crippen LogP contribution is 2.33. The van der Waals surface area contributed by atoms with Crippen LogP contribution in [0, 0.1) is 0 Å². The van der Waals surface area contributed by atoms with Crippen molar-refractivity contribution in [2.45, 2.75) is 9.79 Å². The summed E-state index contributed by atoms with van der Waals surface area (Å²) >= 11 is 7.57. The van der Waals surface area contributed by atoms with Crippen LogP contribution >= 0.6 is 23.4 Å². The number of anilines is 1. The van der Waals surface area contributed by atoms with Crippen LogP contribution in [0.25, 0.3) is 6.08 Å². The van der Waals surface area contributed by atoms with Gasteiger partial charge in [-0.05, 0) is 42.0 Å². The van der Waals surface area contributed by atoms with Crippen molar-refractivity contribution in [3.8, 4) is 0 Å². The Morgan fingerprint density at radius 1 is 0.931 bits per heavy atom. The molecule has 0 aliphatic carbocycles. The number of esters is 1. The Kier molecular flexibility index (Phi) is 7.50. The Balaban J connectivity index is 1.54. The normalized spacial score (nSPS) is 10.7. The molecule has 0 fully saturated rings. The van der Waals surface area contributed by atoms with Gasteiger partial charge in [0, 0.05) is 20.9 Å². The average Bonchev–Trinajstić information content (AvgIpc) is 2.74. The molecule has 0 aromatic heterocycles. The molecule has 0 saturated carbocycles. The summed E-state index contributed by atoms with van der Waals surface area (Å²) in [6, 6.07) is 24.4. The van der Waals surface area contributed by atoms with Gasteiger partial charge in [-0.1, -0.05) is 71.9 Å². The van der Waals surface area contributed by atoms with Crippen molar-refractivity contribution < 1.29 is 14.3 Å². The number of halogens is 1. The second-order valence-corrected chi connectivity index (χ2v) is 7.44. The van der Waals surface area contributed by atoms with E-state index in [0.29, 0.717) is 16.3 Å². The van der Waals surface area contributed by atoms with Crippen molar-refractivity contribution in [3.05, 3.63) is 95.5 Å². The minimum Gasteiger partial charge on any atom is -0.452 e. The van der Waals surface area contributed by atoms with E-state index in [9.17, 15) is 9.59 Å². The van der Waals surface area contributed by atoms with Gasteiger partial charge >= 0.3 is 5.97 Å². The Labute approximate surface area is 178 Å². The van der Waals surface area contributed by atoms with Crippen LogP contribution in [0.15, 0.2) is 94.7 Å². The third-order valence-corrected chi connectivity index (χ3v) is 5.21. The van der Waals surface area contributed by atoms with E-state index in [4.69, 9.17) is 16.3 Å². The van der Waals surface area contributed by atoms with E-state index in [-0.39, 0.29) is 6.61 Å². The van der Waals surface area contributed by atoms with Crippen LogP contribution in [0.3, 0.4) is 0 Å². The SMILES string of the molecule is O=C(COC(=O)/C=C/c1ccccc1Cl)Nc1ccccc1Sc1ccccc1. The van der Waals surface area contributed by atoms with E-state index < -0.39 is 11.9 Å². The van der Waals surface area contributed by atoms with Gasteiger partial charge in [-0.2, -0.15) is 0 Å². The third kappa shape index (κ3) is 6.52. The number of rotatable bonds is 7. The summed E-state index contributed by atoms with van der Waals surface area (Å²) in [5, 5.41) is 3.32. The van der Waals surface area contributed by atoms with Gasteiger partial charge in [0.05, 0.1) is 5.69 Å². The fourth-order valence-corrected chi connectivity index (χ4v) is 3.54. The van der Waals surface area contributed by atoms with Gasteiger partial charge in [-0.25, -0.2) is 4.79 Å². The molecule has 6 heteroatoms. The summed E-state index contributed by atoms with van der Waals surface area (Å²) in [5.41, 5.74) is 1.36. The van der Waals surface area contributed by atoms with Crippen molar-refractivity contribution in [2.75, 3.05) is 11.9 Å². The number of carbonyl (C=O) groups excluding carboxylic acids is 2. The summed E-state index contributed by atoms with van der Waals surface area (Å²) in [5.74, 6) is -1.03. The van der Waals surface area contributed by atoms with Gasteiger partial charge in [0.2, 0.25) is 0 Å². The number of para-hydroxylation sites is 1. The largest absolute Gasteiger partial charge is 0.452 e. The maximum Gasteiger partial charge on any atom is 0.331 e. The highest BCUT2D eigenvalue weighted by Gasteiger charge is 2.10. The fraction of sp³-hybridized carbons (Fsp3) is 0.0435. The predicted octanol–water partition coefficient (Wildman–Crippen LogP) is 5.69. The molecule has 1 amide bonds. The van der Waals surface area contributed by atoms with Crippen LogP contribution in [0.5, 0.6) is 0 Å². The zero-order chi connectivity index (χ0) is 20.5. The first-order chi connectivity index (χ1) is 14.1. The standard InChI is InChI=1S/C23H18ClNO3S/c24-19-11-5-4-8-17(19)14-15-23(27)28-16-22(26)25-20-12-6-7-13-21(20)29-18-9-2-1-3-10-18/h1-15H,16H2,(H,25,26)/b15-14+. The summed E-state index contributed by atoms with van der Waals surface area (Å²) < 4.78 is 5.01. The molecular formula is C23H18ClNO3S. The number of hydrogen-bond donors (Lipinski definition) is 1. The summed E-state index contributed by atoms with van der Waals surface area (Å²) in [4.78, 5) is 26.0. The summed E-state index contributed by atoms with van der Waals surface area (Å²) in [7, 11) is 0. The van der Waals surface area contributed by atoms with Crippen molar-refractivity contribution in [1.82, 2.24) is 0 Å². The molecule has 0 unspecified atom stereocenters. The molecule has 0 aliphatic heterocycles. The molecule has 0 atom stereocenters. The van der Waals surface area contributed by atoms with Gasteiger partial charge in [0.1, 0.15) is 0 Å². The second-order valence-electron chi connectivity index (χ2n) is 5.92. The quantitative estimate of drug-likeness (QED) is 0.392.